The Hall–Kier alpha value is -1.94. The van der Waals surface area contributed by atoms with Gasteiger partial charge in [-0.1, -0.05) is 18.2 Å². The van der Waals surface area contributed by atoms with Crippen molar-refractivity contribution in [3.05, 3.63) is 59.7 Å². The zero-order valence-electron chi connectivity index (χ0n) is 10.7. The number of hydrogen-bond donors (Lipinski definition) is 1. The van der Waals surface area contributed by atoms with Crippen molar-refractivity contribution < 1.29 is 14.2 Å². The third kappa shape index (κ3) is 3.29. The second kappa shape index (κ2) is 6.29. The van der Waals surface area contributed by atoms with E-state index in [-0.39, 0.29) is 11.3 Å². The lowest BCUT2D eigenvalue weighted by molar-refractivity contribution is 0.162. The second-order valence-electron chi connectivity index (χ2n) is 4.24. The average molecular weight is 261 g/mol. The van der Waals surface area contributed by atoms with Crippen LogP contribution in [0.4, 0.5) is 4.39 Å². The summed E-state index contributed by atoms with van der Waals surface area (Å²) in [6, 6.07) is 10.4. The summed E-state index contributed by atoms with van der Waals surface area (Å²) in [7, 11) is 1.41. The maximum atomic E-state index is 13.9. The maximum Gasteiger partial charge on any atom is 0.170 e. The zero-order chi connectivity index (χ0) is 13.7. The summed E-state index contributed by atoms with van der Waals surface area (Å²) < 4.78 is 18.8. The highest BCUT2D eigenvalue weighted by Crippen LogP contribution is 2.27. The molecule has 3 nitrogen and oxygen atoms in total. The number of aliphatic hydroxyl groups excluding tert-OH is 1. The summed E-state index contributed by atoms with van der Waals surface area (Å²) in [5, 5.41) is 10.1. The molecule has 1 aromatic carbocycles. The lowest BCUT2D eigenvalue weighted by Gasteiger charge is -2.13. The fourth-order valence-electron chi connectivity index (χ4n) is 1.93. The van der Waals surface area contributed by atoms with E-state index >= 15 is 0 Å². The maximum absolute atomic E-state index is 13.9. The van der Waals surface area contributed by atoms with Crippen LogP contribution < -0.4 is 4.74 Å². The molecule has 2 rings (SSSR count). The van der Waals surface area contributed by atoms with Gasteiger partial charge in [-0.05, 0) is 31.0 Å². The molecule has 0 bridgehead atoms. The van der Waals surface area contributed by atoms with Crippen molar-refractivity contribution >= 4 is 0 Å². The Bertz CT molecular complexity index is 531. The van der Waals surface area contributed by atoms with Crippen LogP contribution in [0.15, 0.2) is 42.6 Å². The van der Waals surface area contributed by atoms with Gasteiger partial charge in [-0.3, -0.25) is 4.98 Å². The molecule has 1 N–H and O–H groups in total. The minimum Gasteiger partial charge on any atom is -0.494 e. The van der Waals surface area contributed by atoms with Crippen LogP contribution in [0.25, 0.3) is 0 Å². The minimum atomic E-state index is -0.864. The predicted molar refractivity (Wildman–Crippen MR) is 70.5 cm³/mol. The molecule has 1 aromatic heterocycles. The Kier molecular flexibility index (Phi) is 4.47. The van der Waals surface area contributed by atoms with Gasteiger partial charge in [0.1, 0.15) is 0 Å². The van der Waals surface area contributed by atoms with E-state index in [4.69, 9.17) is 4.74 Å². The number of nitrogens with zero attached hydrogens (tertiary/aromatic N) is 1. The molecule has 2 aromatic rings. The topological polar surface area (TPSA) is 42.4 Å². The molecule has 19 heavy (non-hydrogen) atoms. The van der Waals surface area contributed by atoms with Crippen LogP contribution in [0.2, 0.25) is 0 Å². The van der Waals surface area contributed by atoms with Crippen LogP contribution in [0, 0.1) is 5.82 Å². The Labute approximate surface area is 111 Å². The Morgan fingerprint density at radius 3 is 2.79 bits per heavy atom. The molecule has 0 saturated carbocycles. The Morgan fingerprint density at radius 1 is 1.26 bits per heavy atom. The molecule has 0 amide bonds. The molecular weight excluding hydrogens is 245 g/mol. The number of halogens is 1. The normalized spacial score (nSPS) is 12.2. The highest BCUT2D eigenvalue weighted by molar-refractivity contribution is 5.32. The van der Waals surface area contributed by atoms with Crippen LogP contribution in [0.1, 0.15) is 23.8 Å². The van der Waals surface area contributed by atoms with E-state index in [0.717, 1.165) is 5.69 Å². The quantitative estimate of drug-likeness (QED) is 0.899. The Balaban J connectivity index is 2.06. The molecule has 0 saturated heterocycles. The fraction of sp³-hybridized carbons (Fsp3) is 0.267. The molecule has 1 atom stereocenters. The number of aliphatic hydroxyl groups is 1. The van der Waals surface area contributed by atoms with Crippen molar-refractivity contribution in [1.82, 2.24) is 4.98 Å². The first-order valence-electron chi connectivity index (χ1n) is 6.12. The van der Waals surface area contributed by atoms with Crippen molar-refractivity contribution in [1.29, 1.82) is 0 Å². The van der Waals surface area contributed by atoms with Crippen LogP contribution in [0.3, 0.4) is 0 Å². The van der Waals surface area contributed by atoms with Gasteiger partial charge in [0.15, 0.2) is 11.6 Å². The number of hydrogen-bond acceptors (Lipinski definition) is 3. The summed E-state index contributed by atoms with van der Waals surface area (Å²) in [6.07, 6.45) is 1.85. The number of pyridine rings is 1. The lowest BCUT2D eigenvalue weighted by Crippen LogP contribution is -2.04. The van der Waals surface area contributed by atoms with Crippen LogP contribution in [0.5, 0.6) is 5.75 Å². The van der Waals surface area contributed by atoms with Crippen molar-refractivity contribution in [3.63, 3.8) is 0 Å². The monoisotopic (exact) mass is 261 g/mol. The number of rotatable bonds is 5. The standard InChI is InChI=1S/C15H16FNO2/c1-19-14-7-4-6-12(15(14)16)13(18)9-8-11-5-2-3-10-17-11/h2-7,10,13,18H,8-9H2,1H3. The molecule has 1 unspecified atom stereocenters. The molecule has 0 aliphatic rings. The van der Waals surface area contributed by atoms with Crippen molar-refractivity contribution in [2.24, 2.45) is 0 Å². The van der Waals surface area contributed by atoms with Gasteiger partial charge in [0, 0.05) is 17.5 Å². The number of benzene rings is 1. The number of ether oxygens (including phenoxy) is 1. The van der Waals surface area contributed by atoms with E-state index in [0.29, 0.717) is 12.8 Å². The van der Waals surface area contributed by atoms with Gasteiger partial charge in [0.2, 0.25) is 0 Å². The number of methoxy groups -OCH3 is 1. The summed E-state index contributed by atoms with van der Waals surface area (Å²) in [5.74, 6) is -0.354. The molecule has 4 heteroatoms. The summed E-state index contributed by atoms with van der Waals surface area (Å²) in [4.78, 5) is 4.17. The van der Waals surface area contributed by atoms with Gasteiger partial charge in [0.25, 0.3) is 0 Å². The molecule has 0 spiro atoms. The lowest BCUT2D eigenvalue weighted by atomic mass is 10.0. The summed E-state index contributed by atoms with van der Waals surface area (Å²) in [6.45, 7) is 0. The van der Waals surface area contributed by atoms with Gasteiger partial charge in [0.05, 0.1) is 13.2 Å². The van der Waals surface area contributed by atoms with E-state index in [1.165, 1.54) is 13.2 Å². The number of aryl methyl sites for hydroxylation is 1. The summed E-state index contributed by atoms with van der Waals surface area (Å²) in [5.41, 5.74) is 1.14. The summed E-state index contributed by atoms with van der Waals surface area (Å²) >= 11 is 0. The molecule has 100 valence electrons. The average Bonchev–Trinajstić information content (AvgIpc) is 2.46. The highest BCUT2D eigenvalue weighted by Gasteiger charge is 2.16. The second-order valence-corrected chi connectivity index (χ2v) is 4.24. The van der Waals surface area contributed by atoms with Crippen LogP contribution >= 0.6 is 0 Å². The molecule has 0 aliphatic carbocycles. The molecular formula is C15H16FNO2. The smallest absolute Gasteiger partial charge is 0.170 e. The predicted octanol–water partition coefficient (Wildman–Crippen LogP) is 2.90. The molecule has 0 aliphatic heterocycles. The van der Waals surface area contributed by atoms with Gasteiger partial charge in [-0.2, -0.15) is 0 Å². The van der Waals surface area contributed by atoms with Gasteiger partial charge >= 0.3 is 0 Å². The first-order valence-corrected chi connectivity index (χ1v) is 6.12. The van der Waals surface area contributed by atoms with Crippen LogP contribution in [-0.2, 0) is 6.42 Å². The van der Waals surface area contributed by atoms with Crippen molar-refractivity contribution in [2.75, 3.05) is 7.11 Å². The van der Waals surface area contributed by atoms with E-state index in [2.05, 4.69) is 4.98 Å². The highest BCUT2D eigenvalue weighted by atomic mass is 19.1. The minimum absolute atomic E-state index is 0.148. The SMILES string of the molecule is COc1cccc(C(O)CCc2ccccn2)c1F. The largest absolute Gasteiger partial charge is 0.494 e. The number of aromatic nitrogens is 1. The van der Waals surface area contributed by atoms with E-state index in [9.17, 15) is 9.50 Å². The first-order chi connectivity index (χ1) is 9.22. The first kappa shape index (κ1) is 13.5. The van der Waals surface area contributed by atoms with E-state index in [1.807, 2.05) is 18.2 Å². The van der Waals surface area contributed by atoms with Gasteiger partial charge in [-0.25, -0.2) is 4.39 Å². The van der Waals surface area contributed by atoms with Gasteiger partial charge in [-0.15, -0.1) is 0 Å². The molecule has 0 radical (unpaired) electrons. The Morgan fingerprint density at radius 2 is 2.11 bits per heavy atom. The molecule has 0 fully saturated rings. The van der Waals surface area contributed by atoms with E-state index in [1.54, 1.807) is 18.3 Å². The van der Waals surface area contributed by atoms with E-state index < -0.39 is 11.9 Å². The molecule has 1 heterocycles. The van der Waals surface area contributed by atoms with Crippen LogP contribution in [-0.4, -0.2) is 17.2 Å². The zero-order valence-corrected chi connectivity index (χ0v) is 10.7. The third-order valence-electron chi connectivity index (χ3n) is 2.97. The fourth-order valence-corrected chi connectivity index (χ4v) is 1.93. The third-order valence-corrected chi connectivity index (χ3v) is 2.97. The van der Waals surface area contributed by atoms with Gasteiger partial charge < -0.3 is 9.84 Å². The van der Waals surface area contributed by atoms with Crippen molar-refractivity contribution in [2.45, 2.75) is 18.9 Å². The van der Waals surface area contributed by atoms with Crippen molar-refractivity contribution in [3.8, 4) is 5.75 Å².